The Morgan fingerprint density at radius 2 is 1.72 bits per heavy atom. The smallest absolute Gasteiger partial charge is 0.260 e. The fraction of sp³-hybridized carbons (Fsp3) is 0.654. The summed E-state index contributed by atoms with van der Waals surface area (Å²) < 4.78 is 31.8. The van der Waals surface area contributed by atoms with E-state index in [0.29, 0.717) is 31.7 Å². The van der Waals surface area contributed by atoms with Crippen molar-refractivity contribution < 1.29 is 22.7 Å². The molecule has 1 saturated heterocycles. The van der Waals surface area contributed by atoms with Crippen molar-refractivity contribution in [1.82, 2.24) is 15.1 Å². The number of sulfone groups is 1. The number of benzene rings is 1. The summed E-state index contributed by atoms with van der Waals surface area (Å²) in [7, 11) is -3.61. The lowest BCUT2D eigenvalue weighted by Crippen LogP contribution is -2.55. The molecule has 1 N–H and O–H groups in total. The van der Waals surface area contributed by atoms with Crippen LogP contribution >= 0.6 is 0 Å². The van der Waals surface area contributed by atoms with E-state index in [2.05, 4.69) is 31.0 Å². The van der Waals surface area contributed by atoms with E-state index in [1.165, 1.54) is 12.1 Å². The van der Waals surface area contributed by atoms with E-state index in [9.17, 15) is 18.0 Å². The van der Waals surface area contributed by atoms with Gasteiger partial charge in [0.15, 0.2) is 16.4 Å². The molecule has 2 aliphatic rings. The number of hydrogen-bond donors (Lipinski definition) is 1. The van der Waals surface area contributed by atoms with Crippen molar-refractivity contribution in [2.45, 2.75) is 56.9 Å². The lowest BCUT2D eigenvalue weighted by atomic mass is 9.80. The van der Waals surface area contributed by atoms with Gasteiger partial charge < -0.3 is 15.0 Å². The van der Waals surface area contributed by atoms with E-state index in [1.807, 2.05) is 6.07 Å². The molecule has 1 aromatic carbocycles. The number of ether oxygens (including phenoxy) is 1. The molecular formula is C26H38N4O5S. The number of rotatable bonds is 8. The zero-order valence-electron chi connectivity index (χ0n) is 21.5. The summed E-state index contributed by atoms with van der Waals surface area (Å²) in [4.78, 5) is 29.3. The van der Waals surface area contributed by atoms with Crippen LogP contribution in [0.4, 0.5) is 0 Å². The Morgan fingerprint density at radius 3 is 2.33 bits per heavy atom. The highest BCUT2D eigenvalue weighted by atomic mass is 32.2. The molecule has 1 saturated carbocycles. The van der Waals surface area contributed by atoms with Crippen molar-refractivity contribution in [3.05, 3.63) is 24.3 Å². The average Bonchev–Trinajstić information content (AvgIpc) is 2.85. The summed E-state index contributed by atoms with van der Waals surface area (Å²) in [5.74, 6) is -0.697. The second-order valence-electron chi connectivity index (χ2n) is 10.6. The first-order chi connectivity index (χ1) is 17.0. The number of nitrogens with zero attached hydrogens (tertiary/aromatic N) is 3. The molecule has 36 heavy (non-hydrogen) atoms. The Labute approximate surface area is 214 Å². The molecule has 198 valence electrons. The van der Waals surface area contributed by atoms with Gasteiger partial charge in [0, 0.05) is 37.6 Å². The Morgan fingerprint density at radius 1 is 1.08 bits per heavy atom. The monoisotopic (exact) mass is 518 g/mol. The van der Waals surface area contributed by atoms with Gasteiger partial charge in [-0.1, -0.05) is 12.8 Å². The molecule has 2 fully saturated rings. The largest absolute Gasteiger partial charge is 0.484 e. The minimum Gasteiger partial charge on any atom is -0.484 e. The molecule has 2 atom stereocenters. The molecule has 2 amide bonds. The van der Waals surface area contributed by atoms with Crippen LogP contribution in [0.2, 0.25) is 0 Å². The third kappa shape index (κ3) is 7.43. The number of nitrogens with one attached hydrogen (secondary N) is 1. The Bertz CT molecular complexity index is 1050. The quantitative estimate of drug-likeness (QED) is 0.524. The number of hydrogen-bond acceptors (Lipinski definition) is 7. The maximum absolute atomic E-state index is 13.1. The Kier molecular flexibility index (Phi) is 9.36. The molecule has 1 aromatic rings. The van der Waals surface area contributed by atoms with E-state index in [1.54, 1.807) is 17.0 Å². The van der Waals surface area contributed by atoms with Crippen molar-refractivity contribution in [1.29, 1.82) is 5.26 Å². The molecule has 10 heteroatoms. The fourth-order valence-electron chi connectivity index (χ4n) is 4.99. The molecule has 3 rings (SSSR count). The van der Waals surface area contributed by atoms with Gasteiger partial charge in [-0.05, 0) is 63.8 Å². The van der Waals surface area contributed by atoms with Crippen molar-refractivity contribution >= 4 is 21.7 Å². The third-order valence-corrected chi connectivity index (χ3v) is 9.00. The minimum atomic E-state index is -3.61. The average molecular weight is 519 g/mol. The van der Waals surface area contributed by atoms with E-state index in [0.717, 1.165) is 25.9 Å². The van der Waals surface area contributed by atoms with Crippen molar-refractivity contribution in [3.8, 4) is 11.8 Å². The maximum atomic E-state index is 13.1. The van der Waals surface area contributed by atoms with Gasteiger partial charge in [-0.3, -0.25) is 14.5 Å². The van der Waals surface area contributed by atoms with Gasteiger partial charge in [-0.2, -0.15) is 5.26 Å². The number of nitriles is 1. The van der Waals surface area contributed by atoms with E-state index < -0.39 is 15.8 Å². The predicted molar refractivity (Wildman–Crippen MR) is 136 cm³/mol. The number of piperazine rings is 1. The molecule has 1 aliphatic carbocycles. The van der Waals surface area contributed by atoms with Crippen LogP contribution < -0.4 is 10.1 Å². The normalized spacial score (nSPS) is 21.4. The van der Waals surface area contributed by atoms with Crippen LogP contribution in [0.5, 0.6) is 5.75 Å². The highest BCUT2D eigenvalue weighted by Gasteiger charge is 2.34. The second-order valence-corrected chi connectivity index (χ2v) is 12.6. The molecule has 0 radical (unpaired) electrons. The first kappa shape index (κ1) is 27.9. The van der Waals surface area contributed by atoms with Crippen LogP contribution in [0.25, 0.3) is 0 Å². The summed E-state index contributed by atoms with van der Waals surface area (Å²) in [6.45, 7) is 9.29. The third-order valence-electron chi connectivity index (χ3n) is 7.15. The number of amides is 2. The van der Waals surface area contributed by atoms with Gasteiger partial charge in [-0.25, -0.2) is 8.42 Å². The van der Waals surface area contributed by atoms with Crippen LogP contribution in [0.3, 0.4) is 0 Å². The van der Waals surface area contributed by atoms with Crippen LogP contribution in [0, 0.1) is 23.2 Å². The molecule has 1 heterocycles. The van der Waals surface area contributed by atoms with Crippen LogP contribution in [0.1, 0.15) is 46.5 Å². The summed E-state index contributed by atoms with van der Waals surface area (Å²) in [5.41, 5.74) is 0.0788. The summed E-state index contributed by atoms with van der Waals surface area (Å²) in [6.07, 6.45) is 3.05. The predicted octanol–water partition coefficient (Wildman–Crippen LogP) is 2.23. The lowest BCUT2D eigenvalue weighted by Gasteiger charge is -2.42. The Hall–Kier alpha value is -2.64. The number of carbonyl (C=O) groups excluding carboxylic acids is 2. The summed E-state index contributed by atoms with van der Waals surface area (Å²) in [5, 5.41) is 11.3. The first-order valence-corrected chi connectivity index (χ1v) is 14.3. The minimum absolute atomic E-state index is 0.0775. The topological polar surface area (TPSA) is 120 Å². The second kappa shape index (κ2) is 12.1. The highest BCUT2D eigenvalue weighted by molar-refractivity contribution is 7.91. The van der Waals surface area contributed by atoms with E-state index in [4.69, 9.17) is 10.00 Å². The fourth-order valence-corrected chi connectivity index (χ4v) is 6.70. The van der Waals surface area contributed by atoms with Gasteiger partial charge in [-0.15, -0.1) is 0 Å². The first-order valence-electron chi connectivity index (χ1n) is 12.6. The Balaban J connectivity index is 1.53. The molecule has 0 aromatic heterocycles. The zero-order valence-corrected chi connectivity index (χ0v) is 22.3. The standard InChI is InChI=1S/C26H38N4O5S/c1-26(2,3)30-16-14-29(15-17-30)24(31)18-35-21-8-10-22(11-9-21)36(33,34)19-20-6-4-5-7-23(20)25(32)28-13-12-27/h8-11,20,23H,4-7,13-19H2,1-3H3,(H,28,32)/t20-,23+/m0/s1. The van der Waals surface area contributed by atoms with Crippen LogP contribution in [-0.2, 0) is 19.4 Å². The van der Waals surface area contributed by atoms with E-state index >= 15 is 0 Å². The SMILES string of the molecule is CC(C)(C)N1CCN(C(=O)COc2ccc(S(=O)(=O)C[C@@H]3CCCC[C@H]3C(=O)NCC#N)cc2)CC1. The molecule has 0 spiro atoms. The van der Waals surface area contributed by atoms with Gasteiger partial charge in [0.05, 0.1) is 16.7 Å². The van der Waals surface area contributed by atoms with Crippen molar-refractivity contribution in [2.75, 3.05) is 45.1 Å². The number of carbonyl (C=O) groups is 2. The van der Waals surface area contributed by atoms with Crippen LogP contribution in [-0.4, -0.2) is 80.7 Å². The van der Waals surface area contributed by atoms with Crippen LogP contribution in [0.15, 0.2) is 29.2 Å². The van der Waals surface area contributed by atoms with Crippen molar-refractivity contribution in [2.24, 2.45) is 11.8 Å². The zero-order chi connectivity index (χ0) is 26.3. The van der Waals surface area contributed by atoms with Gasteiger partial charge >= 0.3 is 0 Å². The highest BCUT2D eigenvalue weighted by Crippen LogP contribution is 2.33. The lowest BCUT2D eigenvalue weighted by molar-refractivity contribution is -0.135. The van der Waals surface area contributed by atoms with E-state index in [-0.39, 0.29) is 47.1 Å². The van der Waals surface area contributed by atoms with Gasteiger partial charge in [0.1, 0.15) is 12.3 Å². The molecular weight excluding hydrogens is 480 g/mol. The maximum Gasteiger partial charge on any atom is 0.260 e. The summed E-state index contributed by atoms with van der Waals surface area (Å²) >= 11 is 0. The molecule has 0 unspecified atom stereocenters. The summed E-state index contributed by atoms with van der Waals surface area (Å²) in [6, 6.07) is 8.00. The van der Waals surface area contributed by atoms with Gasteiger partial charge in [0.25, 0.3) is 5.91 Å². The van der Waals surface area contributed by atoms with Crippen molar-refractivity contribution in [3.63, 3.8) is 0 Å². The molecule has 0 bridgehead atoms. The van der Waals surface area contributed by atoms with Gasteiger partial charge in [0.2, 0.25) is 5.91 Å². The molecule has 9 nitrogen and oxygen atoms in total. The molecule has 1 aliphatic heterocycles.